The molecule has 3 nitrogen and oxygen atoms in total. The fourth-order valence-electron chi connectivity index (χ4n) is 1.92. The molecule has 1 aromatic rings. The SMILES string of the molecule is Cn1cc(N)c(SC2CCCCC2)n1. The molecule has 1 heterocycles. The summed E-state index contributed by atoms with van der Waals surface area (Å²) in [7, 11) is 1.92. The van der Waals surface area contributed by atoms with Crippen LogP contribution in [0, 0.1) is 0 Å². The average molecular weight is 211 g/mol. The van der Waals surface area contributed by atoms with Crippen molar-refractivity contribution in [2.75, 3.05) is 5.73 Å². The summed E-state index contributed by atoms with van der Waals surface area (Å²) in [6, 6.07) is 0. The van der Waals surface area contributed by atoms with Crippen molar-refractivity contribution in [2.45, 2.75) is 42.4 Å². The molecule has 0 radical (unpaired) electrons. The molecule has 0 saturated heterocycles. The minimum Gasteiger partial charge on any atom is -0.395 e. The van der Waals surface area contributed by atoms with Crippen molar-refractivity contribution in [3.05, 3.63) is 6.20 Å². The summed E-state index contributed by atoms with van der Waals surface area (Å²) in [4.78, 5) is 0. The highest BCUT2D eigenvalue weighted by Gasteiger charge is 2.17. The van der Waals surface area contributed by atoms with Crippen LogP contribution in [0.1, 0.15) is 32.1 Å². The third-order valence-corrected chi connectivity index (χ3v) is 4.00. The first-order valence-electron chi connectivity index (χ1n) is 5.21. The van der Waals surface area contributed by atoms with Crippen LogP contribution in [0.3, 0.4) is 0 Å². The zero-order valence-electron chi connectivity index (χ0n) is 8.57. The molecule has 0 bridgehead atoms. The quantitative estimate of drug-likeness (QED) is 0.817. The molecule has 0 atom stereocenters. The molecule has 0 amide bonds. The summed E-state index contributed by atoms with van der Waals surface area (Å²) < 4.78 is 1.79. The van der Waals surface area contributed by atoms with Gasteiger partial charge in [-0.1, -0.05) is 31.0 Å². The molecule has 0 aromatic carbocycles. The van der Waals surface area contributed by atoms with Crippen molar-refractivity contribution in [3.63, 3.8) is 0 Å². The fraction of sp³-hybridized carbons (Fsp3) is 0.700. The van der Waals surface area contributed by atoms with Crippen molar-refractivity contribution in [1.82, 2.24) is 9.78 Å². The van der Waals surface area contributed by atoms with Crippen molar-refractivity contribution in [3.8, 4) is 0 Å². The molecule has 0 aliphatic heterocycles. The molecule has 1 saturated carbocycles. The largest absolute Gasteiger partial charge is 0.395 e. The predicted octanol–water partition coefficient (Wildman–Crippen LogP) is 2.43. The van der Waals surface area contributed by atoms with Crippen molar-refractivity contribution < 1.29 is 0 Å². The van der Waals surface area contributed by atoms with E-state index < -0.39 is 0 Å². The smallest absolute Gasteiger partial charge is 0.141 e. The molecule has 1 aliphatic carbocycles. The molecular formula is C10H17N3S. The second-order valence-corrected chi connectivity index (χ2v) is 5.23. The molecular weight excluding hydrogens is 194 g/mol. The van der Waals surface area contributed by atoms with Gasteiger partial charge in [0.05, 0.1) is 5.69 Å². The first-order valence-corrected chi connectivity index (χ1v) is 6.09. The highest BCUT2D eigenvalue weighted by Crippen LogP contribution is 2.34. The second-order valence-electron chi connectivity index (χ2n) is 3.94. The Morgan fingerprint density at radius 2 is 2.14 bits per heavy atom. The lowest BCUT2D eigenvalue weighted by molar-refractivity contribution is 0.515. The number of hydrogen-bond acceptors (Lipinski definition) is 3. The third kappa shape index (κ3) is 2.23. The second kappa shape index (κ2) is 4.26. The topological polar surface area (TPSA) is 43.8 Å². The van der Waals surface area contributed by atoms with Crippen molar-refractivity contribution in [2.24, 2.45) is 7.05 Å². The van der Waals surface area contributed by atoms with Gasteiger partial charge in [-0.3, -0.25) is 4.68 Å². The van der Waals surface area contributed by atoms with Crippen LogP contribution in [0.2, 0.25) is 0 Å². The highest BCUT2D eigenvalue weighted by atomic mass is 32.2. The number of nitrogens with two attached hydrogens (primary N) is 1. The molecule has 2 N–H and O–H groups in total. The zero-order chi connectivity index (χ0) is 9.97. The number of aromatic nitrogens is 2. The number of aryl methyl sites for hydroxylation is 1. The van der Waals surface area contributed by atoms with Crippen LogP contribution in [0.15, 0.2) is 11.2 Å². The van der Waals surface area contributed by atoms with Crippen LogP contribution in [0.5, 0.6) is 0 Å². The average Bonchev–Trinajstić information content (AvgIpc) is 2.47. The predicted molar refractivity (Wildman–Crippen MR) is 60.4 cm³/mol. The van der Waals surface area contributed by atoms with E-state index in [1.54, 1.807) is 4.68 Å². The van der Waals surface area contributed by atoms with E-state index >= 15 is 0 Å². The molecule has 0 unspecified atom stereocenters. The van der Waals surface area contributed by atoms with E-state index in [1.165, 1.54) is 32.1 Å². The molecule has 78 valence electrons. The van der Waals surface area contributed by atoms with E-state index in [4.69, 9.17) is 5.73 Å². The number of anilines is 1. The molecule has 14 heavy (non-hydrogen) atoms. The van der Waals surface area contributed by atoms with E-state index in [2.05, 4.69) is 5.10 Å². The van der Waals surface area contributed by atoms with Gasteiger partial charge in [0.15, 0.2) is 0 Å². The Morgan fingerprint density at radius 1 is 1.43 bits per heavy atom. The Kier molecular flexibility index (Phi) is 3.01. The van der Waals surface area contributed by atoms with Crippen LogP contribution < -0.4 is 5.73 Å². The van der Waals surface area contributed by atoms with Gasteiger partial charge in [0.2, 0.25) is 0 Å². The Balaban J connectivity index is 1.98. The van der Waals surface area contributed by atoms with Gasteiger partial charge in [-0.25, -0.2) is 0 Å². The van der Waals surface area contributed by atoms with Crippen LogP contribution in [0.4, 0.5) is 5.69 Å². The summed E-state index contributed by atoms with van der Waals surface area (Å²) in [6.07, 6.45) is 8.65. The van der Waals surface area contributed by atoms with Gasteiger partial charge in [-0.2, -0.15) is 5.10 Å². The van der Waals surface area contributed by atoms with Gasteiger partial charge in [0.25, 0.3) is 0 Å². The van der Waals surface area contributed by atoms with Crippen LogP contribution in [0.25, 0.3) is 0 Å². The van der Waals surface area contributed by atoms with Gasteiger partial charge in [-0.05, 0) is 12.8 Å². The van der Waals surface area contributed by atoms with Gasteiger partial charge < -0.3 is 5.73 Å². The molecule has 0 spiro atoms. The summed E-state index contributed by atoms with van der Waals surface area (Å²) in [5.74, 6) is 0. The lowest BCUT2D eigenvalue weighted by Gasteiger charge is -2.19. The molecule has 1 fully saturated rings. The zero-order valence-corrected chi connectivity index (χ0v) is 9.39. The maximum Gasteiger partial charge on any atom is 0.141 e. The minimum atomic E-state index is 0.737. The highest BCUT2D eigenvalue weighted by molar-refractivity contribution is 8.00. The summed E-state index contributed by atoms with van der Waals surface area (Å²) in [6.45, 7) is 0. The lowest BCUT2D eigenvalue weighted by Crippen LogP contribution is -2.08. The normalized spacial score (nSPS) is 18.6. The maximum atomic E-state index is 5.85. The molecule has 4 heteroatoms. The van der Waals surface area contributed by atoms with E-state index in [9.17, 15) is 0 Å². The Morgan fingerprint density at radius 3 is 2.71 bits per heavy atom. The molecule has 1 aliphatic rings. The number of nitrogens with zero attached hydrogens (tertiary/aromatic N) is 2. The van der Waals surface area contributed by atoms with Gasteiger partial charge in [0.1, 0.15) is 5.03 Å². The van der Waals surface area contributed by atoms with Crippen LogP contribution in [-0.4, -0.2) is 15.0 Å². The van der Waals surface area contributed by atoms with Crippen molar-refractivity contribution in [1.29, 1.82) is 0 Å². The van der Waals surface area contributed by atoms with Crippen LogP contribution in [-0.2, 0) is 7.05 Å². The fourth-order valence-corrected chi connectivity index (χ4v) is 3.17. The Hall–Kier alpha value is -0.640. The van der Waals surface area contributed by atoms with Crippen LogP contribution >= 0.6 is 11.8 Å². The Labute approximate surface area is 89.1 Å². The van der Waals surface area contributed by atoms with Gasteiger partial charge >= 0.3 is 0 Å². The van der Waals surface area contributed by atoms with E-state index in [-0.39, 0.29) is 0 Å². The minimum absolute atomic E-state index is 0.737. The first-order chi connectivity index (χ1) is 6.75. The molecule has 2 rings (SSSR count). The van der Waals surface area contributed by atoms with E-state index in [0.29, 0.717) is 0 Å². The van der Waals surface area contributed by atoms with Gasteiger partial charge in [-0.15, -0.1) is 0 Å². The number of thioether (sulfide) groups is 1. The summed E-state index contributed by atoms with van der Waals surface area (Å²) >= 11 is 1.86. The maximum absolute atomic E-state index is 5.85. The number of hydrogen-bond donors (Lipinski definition) is 1. The third-order valence-electron chi connectivity index (χ3n) is 2.65. The van der Waals surface area contributed by atoms with Crippen molar-refractivity contribution >= 4 is 17.4 Å². The van der Waals surface area contributed by atoms with E-state index in [1.807, 2.05) is 25.0 Å². The number of nitrogen functional groups attached to an aromatic ring is 1. The monoisotopic (exact) mass is 211 g/mol. The standard InChI is InChI=1S/C10H17N3S/c1-13-7-9(11)10(12-13)14-8-5-3-2-4-6-8/h7-8H,2-6,11H2,1H3. The van der Waals surface area contributed by atoms with Gasteiger partial charge in [0, 0.05) is 18.5 Å². The lowest BCUT2D eigenvalue weighted by atomic mass is 10.0. The molecule has 1 aromatic heterocycles. The summed E-state index contributed by atoms with van der Waals surface area (Å²) in [5, 5.41) is 6.11. The summed E-state index contributed by atoms with van der Waals surface area (Å²) in [5.41, 5.74) is 6.68. The van der Waals surface area contributed by atoms with E-state index in [0.717, 1.165) is 16.0 Å². The number of rotatable bonds is 2. The first kappa shape index (κ1) is 9.90. The Bertz CT molecular complexity index is 302.